The second-order valence-electron chi connectivity index (χ2n) is 6.63. The van der Waals surface area contributed by atoms with E-state index in [1.807, 2.05) is 30.3 Å². The Labute approximate surface area is 181 Å². The number of hydrogen-bond donors (Lipinski definition) is 1. The maximum atomic E-state index is 13.0. The molecule has 156 valence electrons. The van der Waals surface area contributed by atoms with Gasteiger partial charge in [0.15, 0.2) is 10.9 Å². The quantitative estimate of drug-likeness (QED) is 0.718. The first kappa shape index (κ1) is 22.1. The van der Waals surface area contributed by atoms with Gasteiger partial charge in [-0.1, -0.05) is 61.5 Å². The number of thioether (sulfide) groups is 1. The van der Waals surface area contributed by atoms with Crippen molar-refractivity contribution in [3.63, 3.8) is 0 Å². The summed E-state index contributed by atoms with van der Waals surface area (Å²) in [5.74, 6) is 0.321. The van der Waals surface area contributed by atoms with Crippen LogP contribution in [0.1, 0.15) is 19.4 Å². The summed E-state index contributed by atoms with van der Waals surface area (Å²) in [6.45, 7) is 4.24. The Balaban J connectivity index is 2.00. The Morgan fingerprint density at radius 1 is 1.21 bits per heavy atom. The Kier molecular flexibility index (Phi) is 6.60. The highest BCUT2D eigenvalue weighted by molar-refractivity contribution is 8.14. The van der Waals surface area contributed by atoms with Crippen LogP contribution in [0.2, 0.25) is 5.02 Å². The van der Waals surface area contributed by atoms with Gasteiger partial charge in [0.25, 0.3) is 0 Å². The van der Waals surface area contributed by atoms with Crippen molar-refractivity contribution in [2.24, 2.45) is 4.99 Å². The molecule has 1 fully saturated rings. The maximum Gasteiger partial charge on any atom is 0.244 e. The Hall–Kier alpha value is -1.58. The monoisotopic (exact) mass is 453 g/mol. The summed E-state index contributed by atoms with van der Waals surface area (Å²) in [4.78, 5) is 6.27. The lowest BCUT2D eigenvalue weighted by Crippen LogP contribution is -2.42. The predicted molar refractivity (Wildman–Crippen MR) is 119 cm³/mol. The zero-order valence-corrected chi connectivity index (χ0v) is 18.9. The molecule has 0 spiro atoms. The normalized spacial score (nSPS) is 21.3. The molecule has 0 radical (unpaired) electrons. The summed E-state index contributed by atoms with van der Waals surface area (Å²) in [5.41, 5.74) is -0.149. The first-order chi connectivity index (χ1) is 13.7. The summed E-state index contributed by atoms with van der Waals surface area (Å²) >= 11 is 7.65. The van der Waals surface area contributed by atoms with E-state index in [0.29, 0.717) is 29.6 Å². The lowest BCUT2D eigenvalue weighted by molar-refractivity contribution is -0.0349. The Morgan fingerprint density at radius 3 is 2.48 bits per heavy atom. The minimum Gasteiger partial charge on any atom is -0.366 e. The summed E-state index contributed by atoms with van der Waals surface area (Å²) < 4.78 is 27.3. The van der Waals surface area contributed by atoms with Crippen LogP contribution in [0, 0.1) is 0 Å². The molecular weight excluding hydrogens is 430 g/mol. The van der Waals surface area contributed by atoms with Crippen LogP contribution in [0.5, 0.6) is 0 Å². The highest BCUT2D eigenvalue weighted by atomic mass is 35.5. The van der Waals surface area contributed by atoms with Crippen molar-refractivity contribution >= 4 is 44.2 Å². The minimum atomic E-state index is -3.76. The van der Waals surface area contributed by atoms with E-state index >= 15 is 0 Å². The molecule has 29 heavy (non-hydrogen) atoms. The van der Waals surface area contributed by atoms with Crippen LogP contribution in [0.15, 0.2) is 58.4 Å². The number of rotatable bonds is 6. The third-order valence-electron chi connectivity index (χ3n) is 4.94. The van der Waals surface area contributed by atoms with E-state index in [4.69, 9.17) is 11.6 Å². The molecule has 9 heteroatoms. The molecule has 2 aromatic rings. The van der Waals surface area contributed by atoms with Gasteiger partial charge in [0.2, 0.25) is 10.0 Å². The van der Waals surface area contributed by atoms with Gasteiger partial charge in [-0.2, -0.15) is 4.31 Å². The predicted octanol–water partition coefficient (Wildman–Crippen LogP) is 3.88. The van der Waals surface area contributed by atoms with Crippen LogP contribution in [0.25, 0.3) is 0 Å². The average molecular weight is 454 g/mol. The van der Waals surface area contributed by atoms with Crippen molar-refractivity contribution in [1.82, 2.24) is 9.21 Å². The van der Waals surface area contributed by atoms with Gasteiger partial charge in [-0.05, 0) is 24.3 Å². The van der Waals surface area contributed by atoms with Crippen molar-refractivity contribution in [3.8, 4) is 0 Å². The molecule has 6 nitrogen and oxygen atoms in total. The molecule has 1 aliphatic heterocycles. The van der Waals surface area contributed by atoms with Gasteiger partial charge < -0.3 is 10.0 Å². The second-order valence-corrected chi connectivity index (χ2v) is 9.88. The van der Waals surface area contributed by atoms with Crippen LogP contribution in [0.4, 0.5) is 5.69 Å². The number of halogens is 1. The number of hydrogen-bond acceptors (Lipinski definition) is 5. The number of amidine groups is 1. The van der Waals surface area contributed by atoms with Gasteiger partial charge in [-0.15, -0.1) is 0 Å². The molecule has 0 saturated carbocycles. The topological polar surface area (TPSA) is 73.2 Å². The fourth-order valence-corrected chi connectivity index (χ4v) is 6.33. The summed E-state index contributed by atoms with van der Waals surface area (Å²) in [6, 6.07) is 14.1. The van der Waals surface area contributed by atoms with E-state index in [-0.39, 0.29) is 9.92 Å². The highest BCUT2D eigenvalue weighted by Gasteiger charge is 2.43. The molecule has 1 aliphatic rings. The lowest BCUT2D eigenvalue weighted by atomic mass is 10.0. The van der Waals surface area contributed by atoms with Crippen molar-refractivity contribution < 1.29 is 13.5 Å². The fraction of sp³-hybridized carbons (Fsp3) is 0.350. The molecule has 1 saturated heterocycles. The van der Waals surface area contributed by atoms with Gasteiger partial charge in [0, 0.05) is 25.7 Å². The molecule has 0 amide bonds. The second kappa shape index (κ2) is 8.65. The first-order valence-corrected chi connectivity index (χ1v) is 12.1. The van der Waals surface area contributed by atoms with E-state index in [1.165, 1.54) is 28.2 Å². The molecule has 0 aromatic heterocycles. The van der Waals surface area contributed by atoms with Crippen LogP contribution in [0.3, 0.4) is 0 Å². The third-order valence-corrected chi connectivity index (χ3v) is 8.64. The Morgan fingerprint density at radius 2 is 1.86 bits per heavy atom. The molecule has 1 heterocycles. The Bertz CT molecular complexity index is 1010. The van der Waals surface area contributed by atoms with E-state index in [2.05, 4.69) is 4.99 Å². The highest BCUT2D eigenvalue weighted by Crippen LogP contribution is 2.40. The first-order valence-electron chi connectivity index (χ1n) is 9.27. The fourth-order valence-electron chi connectivity index (χ4n) is 3.17. The smallest absolute Gasteiger partial charge is 0.244 e. The zero-order chi connectivity index (χ0) is 21.2. The van der Waals surface area contributed by atoms with Crippen LogP contribution >= 0.6 is 23.4 Å². The van der Waals surface area contributed by atoms with Crippen molar-refractivity contribution in [3.05, 3.63) is 59.1 Å². The molecule has 0 bridgehead atoms. The lowest BCUT2D eigenvalue weighted by Gasteiger charge is -2.32. The van der Waals surface area contributed by atoms with Crippen molar-refractivity contribution in [2.75, 3.05) is 25.9 Å². The van der Waals surface area contributed by atoms with E-state index < -0.39 is 15.7 Å². The molecule has 0 aliphatic carbocycles. The summed E-state index contributed by atoms with van der Waals surface area (Å²) in [6.07, 6.45) is 0. The number of para-hydroxylation sites is 1. The van der Waals surface area contributed by atoms with E-state index in [0.717, 1.165) is 5.69 Å². The number of sulfonamides is 1. The van der Waals surface area contributed by atoms with E-state index in [9.17, 15) is 13.5 Å². The van der Waals surface area contributed by atoms with Gasteiger partial charge in [-0.25, -0.2) is 13.4 Å². The SMILES string of the molecule is CCN(CC)S(=O)(=O)c1cc(C2(O)CSC(=Nc3ccccc3)N2C)ccc1Cl. The number of benzene rings is 2. The van der Waals surface area contributed by atoms with Crippen molar-refractivity contribution in [1.29, 1.82) is 0 Å². The van der Waals surface area contributed by atoms with Gasteiger partial charge in [-0.3, -0.25) is 0 Å². The molecule has 2 aromatic carbocycles. The number of aliphatic hydroxyl groups is 1. The van der Waals surface area contributed by atoms with Gasteiger partial charge in [0.1, 0.15) is 4.90 Å². The largest absolute Gasteiger partial charge is 0.366 e. The molecule has 1 N–H and O–H groups in total. The van der Waals surface area contributed by atoms with Crippen LogP contribution < -0.4 is 0 Å². The van der Waals surface area contributed by atoms with Gasteiger partial charge >= 0.3 is 0 Å². The van der Waals surface area contributed by atoms with Crippen molar-refractivity contribution in [2.45, 2.75) is 24.5 Å². The summed E-state index contributed by atoms with van der Waals surface area (Å²) in [7, 11) is -2.01. The maximum absolute atomic E-state index is 13.0. The van der Waals surface area contributed by atoms with Crippen LogP contribution in [-0.4, -0.2) is 53.8 Å². The minimum absolute atomic E-state index is 0.000592. The molecule has 1 atom stereocenters. The third kappa shape index (κ3) is 4.18. The molecular formula is C20H24ClN3O3S2. The average Bonchev–Trinajstić information content (AvgIpc) is 2.99. The molecule has 3 rings (SSSR count). The zero-order valence-electron chi connectivity index (χ0n) is 16.5. The van der Waals surface area contributed by atoms with Gasteiger partial charge in [0.05, 0.1) is 16.5 Å². The van der Waals surface area contributed by atoms with E-state index in [1.54, 1.807) is 31.9 Å². The molecule has 1 unspecified atom stereocenters. The number of nitrogens with zero attached hydrogens (tertiary/aromatic N) is 3. The number of aliphatic imine (C=N–C) groups is 1. The standard InChI is InChI=1S/C20H24ClN3O3S2/c1-4-24(5-2)29(26,27)18-13-15(11-12-17(18)21)20(25)14-28-19(23(20)3)22-16-9-7-6-8-10-16/h6-13,25H,4-5,14H2,1-3H3. The summed E-state index contributed by atoms with van der Waals surface area (Å²) in [5, 5.41) is 12.2. The van der Waals surface area contributed by atoms with Crippen LogP contribution in [-0.2, 0) is 15.7 Å².